The lowest BCUT2D eigenvalue weighted by molar-refractivity contribution is 0.122. The van der Waals surface area contributed by atoms with Crippen LogP contribution in [0.15, 0.2) is 24.3 Å². The van der Waals surface area contributed by atoms with Gasteiger partial charge in [0.2, 0.25) is 0 Å². The maximum Gasteiger partial charge on any atom is 0.123 e. The minimum atomic E-state index is -0.176. The average Bonchev–Trinajstić information content (AvgIpc) is 2.21. The summed E-state index contributed by atoms with van der Waals surface area (Å²) in [4.78, 5) is 0. The molecule has 1 aliphatic rings. The molecule has 0 heterocycles. The van der Waals surface area contributed by atoms with Gasteiger partial charge in [0, 0.05) is 0 Å². The predicted octanol–water partition coefficient (Wildman–Crippen LogP) is 2.84. The van der Waals surface area contributed by atoms with E-state index in [-0.39, 0.29) is 11.9 Å². The minimum Gasteiger partial charge on any atom is -0.393 e. The van der Waals surface area contributed by atoms with E-state index < -0.39 is 0 Å². The van der Waals surface area contributed by atoms with E-state index >= 15 is 0 Å². The molecule has 76 valence electrons. The smallest absolute Gasteiger partial charge is 0.123 e. The van der Waals surface area contributed by atoms with E-state index in [1.165, 1.54) is 17.7 Å². The van der Waals surface area contributed by atoms with Crippen molar-refractivity contribution in [3.05, 3.63) is 35.6 Å². The fraction of sp³-hybridized carbons (Fsp3) is 0.500. The summed E-state index contributed by atoms with van der Waals surface area (Å²) in [5.41, 5.74) is 1.21. The third-order valence-electron chi connectivity index (χ3n) is 3.04. The van der Waals surface area contributed by atoms with Crippen LogP contribution in [0, 0.1) is 5.82 Å². The Labute approximate surface area is 83.6 Å². The lowest BCUT2D eigenvalue weighted by atomic mass is 9.83. The molecule has 1 saturated carbocycles. The molecular formula is C12H15FO. The van der Waals surface area contributed by atoms with Crippen molar-refractivity contribution in [1.82, 2.24) is 0 Å². The number of rotatable bonds is 1. The van der Waals surface area contributed by atoms with Crippen molar-refractivity contribution in [1.29, 1.82) is 0 Å². The fourth-order valence-electron chi connectivity index (χ4n) is 2.14. The van der Waals surface area contributed by atoms with Gasteiger partial charge >= 0.3 is 0 Å². The third-order valence-corrected chi connectivity index (χ3v) is 3.04. The normalized spacial score (nSPS) is 27.6. The lowest BCUT2D eigenvalue weighted by Gasteiger charge is -2.25. The summed E-state index contributed by atoms with van der Waals surface area (Å²) in [6.07, 6.45) is 3.68. The first kappa shape index (κ1) is 9.66. The molecule has 1 aliphatic carbocycles. The van der Waals surface area contributed by atoms with E-state index in [0.29, 0.717) is 5.92 Å². The van der Waals surface area contributed by atoms with E-state index in [1.54, 1.807) is 0 Å². The molecule has 0 spiro atoms. The minimum absolute atomic E-state index is 0.119. The van der Waals surface area contributed by atoms with Crippen molar-refractivity contribution < 1.29 is 9.50 Å². The van der Waals surface area contributed by atoms with Crippen LogP contribution in [0.3, 0.4) is 0 Å². The molecule has 0 unspecified atom stereocenters. The van der Waals surface area contributed by atoms with Crippen LogP contribution < -0.4 is 0 Å². The second-order valence-corrected chi connectivity index (χ2v) is 4.06. The second kappa shape index (κ2) is 4.09. The molecule has 1 aromatic carbocycles. The summed E-state index contributed by atoms with van der Waals surface area (Å²) in [6.45, 7) is 0. The number of benzene rings is 1. The quantitative estimate of drug-likeness (QED) is 0.728. The molecule has 14 heavy (non-hydrogen) atoms. The van der Waals surface area contributed by atoms with Gasteiger partial charge in [-0.05, 0) is 49.3 Å². The monoisotopic (exact) mass is 194 g/mol. The highest BCUT2D eigenvalue weighted by Crippen LogP contribution is 2.32. The average molecular weight is 194 g/mol. The molecule has 0 amide bonds. The number of hydrogen-bond donors (Lipinski definition) is 1. The Bertz CT molecular complexity index is 286. The van der Waals surface area contributed by atoms with Crippen LogP contribution in [0.2, 0.25) is 0 Å². The van der Waals surface area contributed by atoms with Gasteiger partial charge in [-0.3, -0.25) is 0 Å². The standard InChI is InChI=1S/C12H15FO/c13-11-5-1-9(2-6-11)10-3-7-12(14)8-4-10/h1-2,5-6,10,12,14H,3-4,7-8H2. The zero-order chi connectivity index (χ0) is 9.97. The number of halogens is 1. The number of aliphatic hydroxyl groups is 1. The summed E-state index contributed by atoms with van der Waals surface area (Å²) in [7, 11) is 0. The van der Waals surface area contributed by atoms with Crippen LogP contribution in [-0.4, -0.2) is 11.2 Å². The van der Waals surface area contributed by atoms with Gasteiger partial charge in [0.25, 0.3) is 0 Å². The summed E-state index contributed by atoms with van der Waals surface area (Å²) >= 11 is 0. The highest BCUT2D eigenvalue weighted by Gasteiger charge is 2.20. The summed E-state index contributed by atoms with van der Waals surface area (Å²) in [5, 5.41) is 9.36. The predicted molar refractivity (Wildman–Crippen MR) is 53.6 cm³/mol. The van der Waals surface area contributed by atoms with Crippen LogP contribution in [0.25, 0.3) is 0 Å². The Balaban J connectivity index is 2.05. The molecule has 2 heteroatoms. The van der Waals surface area contributed by atoms with Gasteiger partial charge in [0.15, 0.2) is 0 Å². The molecule has 0 aliphatic heterocycles. The van der Waals surface area contributed by atoms with E-state index in [1.807, 2.05) is 12.1 Å². The topological polar surface area (TPSA) is 20.2 Å². The Morgan fingerprint density at radius 3 is 2.14 bits per heavy atom. The van der Waals surface area contributed by atoms with Crippen molar-refractivity contribution in [3.8, 4) is 0 Å². The van der Waals surface area contributed by atoms with E-state index in [2.05, 4.69) is 0 Å². The molecule has 1 fully saturated rings. The zero-order valence-electron chi connectivity index (χ0n) is 8.12. The molecule has 1 N–H and O–H groups in total. The molecule has 0 bridgehead atoms. The molecule has 1 nitrogen and oxygen atoms in total. The van der Waals surface area contributed by atoms with Crippen molar-refractivity contribution in [2.75, 3.05) is 0 Å². The molecule has 0 aromatic heterocycles. The Kier molecular flexibility index (Phi) is 2.82. The largest absolute Gasteiger partial charge is 0.393 e. The fourth-order valence-corrected chi connectivity index (χ4v) is 2.14. The molecule has 1 aromatic rings. The van der Waals surface area contributed by atoms with Gasteiger partial charge in [0.05, 0.1) is 6.10 Å². The first-order valence-electron chi connectivity index (χ1n) is 5.19. The Hall–Kier alpha value is -0.890. The van der Waals surface area contributed by atoms with Crippen LogP contribution in [0.4, 0.5) is 4.39 Å². The van der Waals surface area contributed by atoms with Crippen molar-refractivity contribution >= 4 is 0 Å². The van der Waals surface area contributed by atoms with Gasteiger partial charge in [-0.2, -0.15) is 0 Å². The van der Waals surface area contributed by atoms with Crippen molar-refractivity contribution in [3.63, 3.8) is 0 Å². The van der Waals surface area contributed by atoms with Gasteiger partial charge in [0.1, 0.15) is 5.82 Å². The third kappa shape index (κ3) is 2.13. The second-order valence-electron chi connectivity index (χ2n) is 4.06. The molecule has 0 saturated heterocycles. The van der Waals surface area contributed by atoms with Crippen LogP contribution in [0.1, 0.15) is 37.2 Å². The Morgan fingerprint density at radius 2 is 1.57 bits per heavy atom. The Morgan fingerprint density at radius 1 is 1.00 bits per heavy atom. The van der Waals surface area contributed by atoms with Crippen LogP contribution >= 0.6 is 0 Å². The highest BCUT2D eigenvalue weighted by molar-refractivity contribution is 5.20. The summed E-state index contributed by atoms with van der Waals surface area (Å²) in [5.74, 6) is 0.337. The maximum atomic E-state index is 12.7. The molecule has 0 atom stereocenters. The van der Waals surface area contributed by atoms with Crippen molar-refractivity contribution in [2.24, 2.45) is 0 Å². The highest BCUT2D eigenvalue weighted by atomic mass is 19.1. The maximum absolute atomic E-state index is 12.7. The van der Waals surface area contributed by atoms with E-state index in [9.17, 15) is 9.50 Å². The zero-order valence-corrected chi connectivity index (χ0v) is 8.12. The van der Waals surface area contributed by atoms with E-state index in [4.69, 9.17) is 0 Å². The summed E-state index contributed by atoms with van der Waals surface area (Å²) in [6, 6.07) is 6.75. The molecule has 2 rings (SSSR count). The number of aliphatic hydroxyl groups excluding tert-OH is 1. The van der Waals surface area contributed by atoms with E-state index in [0.717, 1.165) is 25.7 Å². The van der Waals surface area contributed by atoms with Crippen molar-refractivity contribution in [2.45, 2.75) is 37.7 Å². The lowest BCUT2D eigenvalue weighted by Crippen LogP contribution is -2.16. The first-order chi connectivity index (χ1) is 6.75. The first-order valence-corrected chi connectivity index (χ1v) is 5.19. The van der Waals surface area contributed by atoms with Crippen LogP contribution in [0.5, 0.6) is 0 Å². The van der Waals surface area contributed by atoms with Gasteiger partial charge in [-0.25, -0.2) is 4.39 Å². The van der Waals surface area contributed by atoms with Gasteiger partial charge < -0.3 is 5.11 Å². The number of hydrogen-bond acceptors (Lipinski definition) is 1. The summed E-state index contributed by atoms with van der Waals surface area (Å²) < 4.78 is 12.7. The van der Waals surface area contributed by atoms with Gasteiger partial charge in [-0.1, -0.05) is 12.1 Å². The molecular weight excluding hydrogens is 179 g/mol. The van der Waals surface area contributed by atoms with Gasteiger partial charge in [-0.15, -0.1) is 0 Å². The molecule has 0 radical (unpaired) electrons. The SMILES string of the molecule is OC1CCC(c2ccc(F)cc2)CC1. The van der Waals surface area contributed by atoms with Crippen LogP contribution in [-0.2, 0) is 0 Å².